The minimum Gasteiger partial charge on any atom is -0.480 e. The molecule has 1 N–H and O–H groups in total. The van der Waals surface area contributed by atoms with Gasteiger partial charge in [-0.3, -0.25) is 4.79 Å². The molecule has 1 aliphatic carbocycles. The van der Waals surface area contributed by atoms with Crippen LogP contribution >= 0.6 is 10.7 Å². The highest BCUT2D eigenvalue weighted by molar-refractivity contribution is 8.11. The van der Waals surface area contributed by atoms with E-state index in [1.54, 1.807) is 0 Å². The summed E-state index contributed by atoms with van der Waals surface area (Å²) in [4.78, 5) is 10.9. The first-order valence-electron chi connectivity index (χ1n) is 4.37. The molecule has 0 spiro atoms. The first kappa shape index (κ1) is 10.2. The van der Waals surface area contributed by atoms with Crippen LogP contribution in [0.2, 0.25) is 0 Å². The average molecular weight is 240 g/mol. The molecule has 2 rings (SSSR count). The molecule has 0 amide bonds. The van der Waals surface area contributed by atoms with Crippen molar-refractivity contribution < 1.29 is 18.3 Å². The van der Waals surface area contributed by atoms with Gasteiger partial charge in [0.2, 0.25) is 0 Å². The number of aliphatic carboxylic acids is 1. The van der Waals surface area contributed by atoms with Crippen molar-refractivity contribution in [2.45, 2.75) is 31.3 Å². The van der Waals surface area contributed by atoms with E-state index in [0.29, 0.717) is 6.42 Å². The molecule has 2 fully saturated rings. The largest absolute Gasteiger partial charge is 0.480 e. The predicted octanol–water partition coefficient (Wildman–Crippen LogP) is 0.408. The van der Waals surface area contributed by atoms with E-state index in [1.165, 1.54) is 0 Å². The number of carboxylic acids is 1. The minimum atomic E-state index is -3.90. The van der Waals surface area contributed by atoms with E-state index >= 15 is 0 Å². The molecule has 0 radical (unpaired) electrons. The van der Waals surface area contributed by atoms with Gasteiger partial charge in [0.1, 0.15) is 6.04 Å². The Labute approximate surface area is 86.2 Å². The lowest BCUT2D eigenvalue weighted by Gasteiger charge is -2.28. The fourth-order valence-corrected chi connectivity index (χ4v) is 4.25. The van der Waals surface area contributed by atoms with Crippen molar-refractivity contribution >= 4 is 25.9 Å². The quantitative estimate of drug-likeness (QED) is 0.709. The lowest BCUT2D eigenvalue weighted by Crippen LogP contribution is -2.47. The summed E-state index contributed by atoms with van der Waals surface area (Å²) in [6.45, 7) is 0. The molecule has 1 saturated carbocycles. The van der Waals surface area contributed by atoms with Gasteiger partial charge in [-0.15, -0.1) is 0 Å². The maximum absolute atomic E-state index is 11.2. The number of halogens is 1. The van der Waals surface area contributed by atoms with Gasteiger partial charge in [-0.25, -0.2) is 0 Å². The van der Waals surface area contributed by atoms with Gasteiger partial charge in [0.05, 0.1) is 0 Å². The highest BCUT2D eigenvalue weighted by Gasteiger charge is 2.53. The van der Waals surface area contributed by atoms with Gasteiger partial charge in [0.15, 0.2) is 0 Å². The maximum Gasteiger partial charge on any atom is 0.322 e. The third-order valence-electron chi connectivity index (χ3n) is 3.03. The summed E-state index contributed by atoms with van der Waals surface area (Å²) in [7, 11) is 1.30. The summed E-state index contributed by atoms with van der Waals surface area (Å²) in [5, 5.41) is 8.90. The molecule has 3 unspecified atom stereocenters. The fourth-order valence-electron chi connectivity index (χ4n) is 2.57. The molecule has 1 heterocycles. The highest BCUT2D eigenvalue weighted by atomic mass is 35.7. The molecule has 1 aliphatic heterocycles. The van der Waals surface area contributed by atoms with Crippen molar-refractivity contribution in [3.63, 3.8) is 0 Å². The smallest absolute Gasteiger partial charge is 0.322 e. The van der Waals surface area contributed by atoms with E-state index in [2.05, 4.69) is 0 Å². The molecule has 3 atom stereocenters. The van der Waals surface area contributed by atoms with Gasteiger partial charge in [0, 0.05) is 16.7 Å². The van der Waals surface area contributed by atoms with Crippen LogP contribution in [0.1, 0.15) is 19.3 Å². The van der Waals surface area contributed by atoms with Crippen LogP contribution in [0.3, 0.4) is 0 Å². The second-order valence-corrected chi connectivity index (χ2v) is 6.20. The van der Waals surface area contributed by atoms with Gasteiger partial charge < -0.3 is 5.11 Å². The molecule has 0 aromatic heterocycles. The number of nitrogens with zero attached hydrogens (tertiary/aromatic N) is 1. The van der Waals surface area contributed by atoms with Crippen molar-refractivity contribution in [2.75, 3.05) is 0 Å². The molecule has 80 valence electrons. The second kappa shape index (κ2) is 3.08. The Balaban J connectivity index is 2.35. The topological polar surface area (TPSA) is 74.7 Å². The number of hydrogen-bond donors (Lipinski definition) is 1. The van der Waals surface area contributed by atoms with Crippen LogP contribution in [-0.4, -0.2) is 35.9 Å². The minimum absolute atomic E-state index is 0.0639. The molecule has 0 aromatic carbocycles. The van der Waals surface area contributed by atoms with Gasteiger partial charge in [0.25, 0.3) is 0 Å². The van der Waals surface area contributed by atoms with Gasteiger partial charge in [-0.1, -0.05) is 0 Å². The van der Waals surface area contributed by atoms with Gasteiger partial charge in [-0.2, -0.15) is 12.7 Å². The molecule has 14 heavy (non-hydrogen) atoms. The molecule has 7 heteroatoms. The first-order chi connectivity index (χ1) is 6.41. The number of piperidine rings is 1. The maximum atomic E-state index is 11.2. The third-order valence-corrected chi connectivity index (χ3v) is 4.54. The summed E-state index contributed by atoms with van der Waals surface area (Å²) in [5.41, 5.74) is 0. The summed E-state index contributed by atoms with van der Waals surface area (Å²) >= 11 is 0. The van der Waals surface area contributed by atoms with Crippen molar-refractivity contribution in [1.82, 2.24) is 4.31 Å². The number of carboxylic acid groups (broad SMARTS) is 1. The van der Waals surface area contributed by atoms with Crippen LogP contribution in [0.4, 0.5) is 0 Å². The third kappa shape index (κ3) is 1.41. The van der Waals surface area contributed by atoms with Crippen molar-refractivity contribution in [3.05, 3.63) is 0 Å². The van der Waals surface area contributed by atoms with Crippen LogP contribution in [0.5, 0.6) is 0 Å². The first-order valence-corrected chi connectivity index (χ1v) is 6.64. The molecule has 2 aliphatic rings. The predicted molar refractivity (Wildman–Crippen MR) is 49.2 cm³/mol. The monoisotopic (exact) mass is 239 g/mol. The SMILES string of the molecule is O=C(O)C1C2CCC(C2)N1S(=O)(=O)Cl. The Hall–Kier alpha value is -0.330. The molecule has 1 saturated heterocycles. The zero-order chi connectivity index (χ0) is 10.5. The Morgan fingerprint density at radius 1 is 1.43 bits per heavy atom. The Morgan fingerprint density at radius 3 is 2.50 bits per heavy atom. The molecule has 0 aromatic rings. The average Bonchev–Trinajstić information content (AvgIpc) is 2.58. The van der Waals surface area contributed by atoms with E-state index in [0.717, 1.165) is 17.1 Å². The van der Waals surface area contributed by atoms with E-state index in [1.807, 2.05) is 0 Å². The van der Waals surface area contributed by atoms with Crippen LogP contribution in [0, 0.1) is 5.92 Å². The van der Waals surface area contributed by atoms with E-state index in [-0.39, 0.29) is 12.0 Å². The highest BCUT2D eigenvalue weighted by Crippen LogP contribution is 2.44. The number of hydrogen-bond acceptors (Lipinski definition) is 3. The van der Waals surface area contributed by atoms with Gasteiger partial charge >= 0.3 is 15.2 Å². The summed E-state index contributed by atoms with van der Waals surface area (Å²) in [5.74, 6) is -1.16. The lowest BCUT2D eigenvalue weighted by atomic mass is 10.0. The van der Waals surface area contributed by atoms with Crippen LogP contribution in [-0.2, 0) is 14.0 Å². The molecular formula is C7H10ClNO4S. The molecule has 5 nitrogen and oxygen atoms in total. The normalized spacial score (nSPS) is 37.6. The van der Waals surface area contributed by atoms with Crippen LogP contribution < -0.4 is 0 Å². The van der Waals surface area contributed by atoms with E-state index < -0.39 is 21.2 Å². The Kier molecular flexibility index (Phi) is 2.24. The number of fused-ring (bicyclic) bond motifs is 2. The van der Waals surface area contributed by atoms with E-state index in [9.17, 15) is 13.2 Å². The number of rotatable bonds is 2. The molecular weight excluding hydrogens is 230 g/mol. The zero-order valence-corrected chi connectivity index (χ0v) is 8.83. The number of carbonyl (C=O) groups is 1. The van der Waals surface area contributed by atoms with E-state index in [4.69, 9.17) is 15.8 Å². The lowest BCUT2D eigenvalue weighted by molar-refractivity contribution is -0.142. The standard InChI is InChI=1S/C7H10ClNO4S/c8-14(12,13)9-5-2-1-4(3-5)6(9)7(10)11/h4-6H,1-3H2,(H,10,11). The Bertz CT molecular complexity index is 368. The Morgan fingerprint density at radius 2 is 2.07 bits per heavy atom. The van der Waals surface area contributed by atoms with Gasteiger partial charge in [-0.05, 0) is 25.2 Å². The summed E-state index contributed by atoms with van der Waals surface area (Å²) < 4.78 is 23.3. The van der Waals surface area contributed by atoms with Crippen LogP contribution in [0.25, 0.3) is 0 Å². The van der Waals surface area contributed by atoms with Crippen molar-refractivity contribution in [2.24, 2.45) is 5.92 Å². The van der Waals surface area contributed by atoms with Crippen molar-refractivity contribution in [1.29, 1.82) is 0 Å². The summed E-state index contributed by atoms with van der Waals surface area (Å²) in [6, 6.07) is -1.15. The fraction of sp³-hybridized carbons (Fsp3) is 0.857. The summed E-state index contributed by atoms with van der Waals surface area (Å²) in [6.07, 6.45) is 2.13. The second-order valence-electron chi connectivity index (χ2n) is 3.78. The van der Waals surface area contributed by atoms with Crippen molar-refractivity contribution in [3.8, 4) is 0 Å². The molecule has 2 bridgehead atoms. The zero-order valence-electron chi connectivity index (χ0n) is 7.26. The van der Waals surface area contributed by atoms with Crippen LogP contribution in [0.15, 0.2) is 0 Å².